The minimum atomic E-state index is -0.662. The summed E-state index contributed by atoms with van der Waals surface area (Å²) < 4.78 is 27.4. The van der Waals surface area contributed by atoms with Crippen molar-refractivity contribution < 1.29 is 43.0 Å². The van der Waals surface area contributed by atoms with Gasteiger partial charge in [0, 0.05) is 41.7 Å². The molecule has 14 heteroatoms. The van der Waals surface area contributed by atoms with Crippen LogP contribution in [0.5, 0.6) is 23.0 Å². The minimum absolute atomic E-state index is 0.0507. The molecule has 0 saturated carbocycles. The first-order chi connectivity index (χ1) is 18.4. The lowest BCUT2D eigenvalue weighted by Gasteiger charge is -2.19. The molecule has 0 fully saturated rings. The first-order valence-corrected chi connectivity index (χ1v) is 11.4. The number of hydrogen-bond acceptors (Lipinski definition) is 12. The second-order valence-electron chi connectivity index (χ2n) is 7.92. The van der Waals surface area contributed by atoms with Crippen LogP contribution in [0.25, 0.3) is 0 Å². The van der Waals surface area contributed by atoms with Gasteiger partial charge < -0.3 is 28.5 Å². The topological polar surface area (TPSA) is 169 Å². The fourth-order valence-electron chi connectivity index (χ4n) is 3.97. The van der Waals surface area contributed by atoms with Crippen molar-refractivity contribution >= 4 is 29.5 Å². The van der Waals surface area contributed by atoms with Crippen LogP contribution in [0.4, 0.5) is 5.69 Å². The molecule has 2 aliphatic rings. The summed E-state index contributed by atoms with van der Waals surface area (Å²) in [6.07, 6.45) is 1.18. The van der Waals surface area contributed by atoms with Crippen molar-refractivity contribution in [3.63, 3.8) is 0 Å². The normalized spacial score (nSPS) is 15.6. The number of carbonyl (C=O) groups excluding carboxylic acids is 2. The average Bonchev–Trinajstić information content (AvgIpc) is 3.59. The molecular weight excluding hydrogens is 504 g/mol. The summed E-state index contributed by atoms with van der Waals surface area (Å²) in [6.45, 7) is 1.83. The largest absolute Gasteiger partial charge is 0.492 e. The van der Waals surface area contributed by atoms with E-state index in [9.17, 15) is 19.7 Å². The Labute approximate surface area is 216 Å². The summed E-state index contributed by atoms with van der Waals surface area (Å²) in [5.74, 6) is -0.0122. The monoisotopic (exact) mass is 528 g/mol. The second-order valence-corrected chi connectivity index (χ2v) is 7.92. The summed E-state index contributed by atoms with van der Waals surface area (Å²) in [6, 6.07) is 5.23. The second kappa shape index (κ2) is 11.5. The fourth-order valence-corrected chi connectivity index (χ4v) is 3.97. The van der Waals surface area contributed by atoms with Gasteiger partial charge in [0.05, 0.1) is 32.0 Å². The molecule has 2 aromatic carbocycles. The number of fused-ring (bicyclic) bond motifs is 1. The van der Waals surface area contributed by atoms with E-state index < -0.39 is 22.9 Å². The summed E-state index contributed by atoms with van der Waals surface area (Å²) >= 11 is 0. The Morgan fingerprint density at radius 1 is 1.24 bits per heavy atom. The SMILES string of the molecule is CCOC(=O)C1=NO[C@@H](Cc2c(/C=N/NC(=O)c3cccc([N+](=O)[O-])c3)c(OC)c3c(c2OC)OCO3)C1. The zero-order chi connectivity index (χ0) is 27.2. The number of hydrogen-bond donors (Lipinski definition) is 1. The summed E-state index contributed by atoms with van der Waals surface area (Å²) in [4.78, 5) is 40.5. The number of hydrazone groups is 1. The Bertz CT molecular complexity index is 1320. The Morgan fingerprint density at radius 3 is 2.66 bits per heavy atom. The van der Waals surface area contributed by atoms with Crippen LogP contribution in [0, 0.1) is 10.1 Å². The number of non-ortho nitro benzene ring substituents is 1. The molecule has 14 nitrogen and oxygen atoms in total. The van der Waals surface area contributed by atoms with Crippen molar-refractivity contribution in [2.75, 3.05) is 27.6 Å². The van der Waals surface area contributed by atoms with Gasteiger partial charge in [-0.05, 0) is 13.0 Å². The van der Waals surface area contributed by atoms with Gasteiger partial charge in [0.25, 0.3) is 11.6 Å². The van der Waals surface area contributed by atoms with Crippen molar-refractivity contribution in [1.82, 2.24) is 5.43 Å². The van der Waals surface area contributed by atoms with Gasteiger partial charge in [0.2, 0.25) is 18.3 Å². The molecule has 0 spiro atoms. The van der Waals surface area contributed by atoms with Crippen LogP contribution < -0.4 is 24.4 Å². The summed E-state index contributed by atoms with van der Waals surface area (Å²) in [5, 5.41) is 18.9. The number of nitro groups is 1. The van der Waals surface area contributed by atoms with Crippen molar-refractivity contribution in [2.45, 2.75) is 25.9 Å². The van der Waals surface area contributed by atoms with Gasteiger partial charge in [-0.15, -0.1) is 0 Å². The number of oxime groups is 1. The van der Waals surface area contributed by atoms with Crippen LogP contribution in [0.1, 0.15) is 34.8 Å². The third-order valence-corrected chi connectivity index (χ3v) is 5.63. The van der Waals surface area contributed by atoms with Crippen molar-refractivity contribution in [3.05, 3.63) is 51.1 Å². The maximum absolute atomic E-state index is 12.6. The zero-order valence-electron chi connectivity index (χ0n) is 20.7. The molecule has 2 heterocycles. The number of ether oxygens (including phenoxy) is 5. The van der Waals surface area contributed by atoms with E-state index in [1.54, 1.807) is 6.92 Å². The number of methoxy groups -OCH3 is 2. The lowest BCUT2D eigenvalue weighted by Crippen LogP contribution is -2.20. The Morgan fingerprint density at radius 2 is 1.97 bits per heavy atom. The quantitative estimate of drug-likeness (QED) is 0.209. The van der Waals surface area contributed by atoms with E-state index in [4.69, 9.17) is 28.5 Å². The van der Waals surface area contributed by atoms with Gasteiger partial charge in [0.15, 0.2) is 17.2 Å². The molecule has 0 saturated heterocycles. The Hall–Kier alpha value is -4.88. The lowest BCUT2D eigenvalue weighted by atomic mass is 9.96. The van der Waals surface area contributed by atoms with E-state index in [1.165, 1.54) is 38.6 Å². The Kier molecular flexibility index (Phi) is 7.89. The molecule has 38 heavy (non-hydrogen) atoms. The number of nitrogens with one attached hydrogen (secondary N) is 1. The third kappa shape index (κ3) is 5.28. The minimum Gasteiger partial charge on any atom is -0.492 e. The van der Waals surface area contributed by atoms with Crippen LogP contribution in [-0.4, -0.2) is 62.4 Å². The van der Waals surface area contributed by atoms with Crippen LogP contribution in [0.15, 0.2) is 34.5 Å². The van der Waals surface area contributed by atoms with E-state index in [0.717, 1.165) is 6.07 Å². The van der Waals surface area contributed by atoms with Gasteiger partial charge in [0.1, 0.15) is 6.10 Å². The van der Waals surface area contributed by atoms with Crippen LogP contribution in [0.3, 0.4) is 0 Å². The van der Waals surface area contributed by atoms with E-state index in [-0.39, 0.29) is 54.7 Å². The van der Waals surface area contributed by atoms with E-state index in [1.807, 2.05) is 0 Å². The van der Waals surface area contributed by atoms with E-state index >= 15 is 0 Å². The molecule has 0 aromatic heterocycles. The van der Waals surface area contributed by atoms with Gasteiger partial charge >= 0.3 is 5.97 Å². The van der Waals surface area contributed by atoms with Crippen molar-refractivity contribution in [1.29, 1.82) is 0 Å². The molecular formula is C24H24N4O10. The van der Waals surface area contributed by atoms with Crippen molar-refractivity contribution in [3.8, 4) is 23.0 Å². The Balaban J connectivity index is 1.64. The number of benzene rings is 2. The number of nitro benzene ring substituents is 1. The molecule has 0 aliphatic carbocycles. The predicted molar refractivity (Wildman–Crippen MR) is 131 cm³/mol. The van der Waals surface area contributed by atoms with Crippen LogP contribution >= 0.6 is 0 Å². The standard InChI is InChI=1S/C24H24N4O10/c1-4-35-24(30)18-10-15(38-27-18)9-16-17(20(34-3)22-21(19(16)33-2)36-12-37-22)11-25-26-23(29)13-6-5-7-14(8-13)28(31)32/h5-8,11,15H,4,9-10,12H2,1-3H3,(H,26,29)/b25-11+/t15-/m0/s1. The number of esters is 1. The highest BCUT2D eigenvalue weighted by Gasteiger charge is 2.34. The molecule has 0 bridgehead atoms. The smallest absolute Gasteiger partial charge is 0.356 e. The molecule has 2 aromatic rings. The third-order valence-electron chi connectivity index (χ3n) is 5.63. The van der Waals surface area contributed by atoms with E-state index in [0.29, 0.717) is 22.6 Å². The number of amides is 1. The van der Waals surface area contributed by atoms with Crippen LogP contribution in [-0.2, 0) is 20.8 Å². The highest BCUT2D eigenvalue weighted by Crippen LogP contribution is 2.52. The molecule has 1 N–H and O–H groups in total. The lowest BCUT2D eigenvalue weighted by molar-refractivity contribution is -0.384. The highest BCUT2D eigenvalue weighted by atomic mass is 16.7. The maximum atomic E-state index is 12.6. The summed E-state index contributed by atoms with van der Waals surface area (Å²) in [5.41, 5.74) is 3.25. The zero-order valence-corrected chi connectivity index (χ0v) is 20.7. The first kappa shape index (κ1) is 26.2. The molecule has 4 rings (SSSR count). The van der Waals surface area contributed by atoms with E-state index in [2.05, 4.69) is 15.7 Å². The van der Waals surface area contributed by atoms with Gasteiger partial charge in [-0.25, -0.2) is 10.2 Å². The average molecular weight is 528 g/mol. The molecule has 1 atom stereocenters. The van der Waals surface area contributed by atoms with Gasteiger partial charge in [-0.2, -0.15) is 5.10 Å². The number of rotatable bonds is 10. The van der Waals surface area contributed by atoms with Gasteiger partial charge in [-0.3, -0.25) is 14.9 Å². The first-order valence-electron chi connectivity index (χ1n) is 11.4. The molecule has 0 radical (unpaired) electrons. The fraction of sp³-hybridized carbons (Fsp3) is 0.333. The molecule has 200 valence electrons. The molecule has 1 amide bonds. The number of carbonyl (C=O) groups is 2. The van der Waals surface area contributed by atoms with Crippen molar-refractivity contribution in [2.24, 2.45) is 10.3 Å². The van der Waals surface area contributed by atoms with Gasteiger partial charge in [-0.1, -0.05) is 11.2 Å². The molecule has 0 unspecified atom stereocenters. The predicted octanol–water partition coefficient (Wildman–Crippen LogP) is 2.36. The summed E-state index contributed by atoms with van der Waals surface area (Å²) in [7, 11) is 2.88. The van der Waals surface area contributed by atoms with Crippen LogP contribution in [0.2, 0.25) is 0 Å². The maximum Gasteiger partial charge on any atom is 0.356 e. The number of nitrogens with zero attached hydrogens (tertiary/aromatic N) is 3. The molecule has 2 aliphatic heterocycles. The highest BCUT2D eigenvalue weighted by molar-refractivity contribution is 6.36.